The number of rotatable bonds is 6. The maximum atomic E-state index is 10.4. The van der Waals surface area contributed by atoms with Crippen LogP contribution in [0.1, 0.15) is 18.9 Å². The fraction of sp³-hybridized carbons (Fsp3) is 0.625. The third-order valence-electron chi connectivity index (χ3n) is 3.73. The Hall–Kier alpha value is -1.10. The smallest absolute Gasteiger partial charge is 0.119 e. The maximum Gasteiger partial charge on any atom is 0.119 e. The summed E-state index contributed by atoms with van der Waals surface area (Å²) in [6, 6.07) is 7.84. The maximum absolute atomic E-state index is 10.4. The van der Waals surface area contributed by atoms with E-state index in [2.05, 4.69) is 11.8 Å². The van der Waals surface area contributed by atoms with Crippen LogP contribution < -0.4 is 4.74 Å². The summed E-state index contributed by atoms with van der Waals surface area (Å²) in [7, 11) is 1.66. The number of aliphatic hydroxyl groups excluding tert-OH is 1. The van der Waals surface area contributed by atoms with E-state index in [4.69, 9.17) is 9.47 Å². The molecule has 1 aromatic carbocycles. The molecule has 0 bridgehead atoms. The summed E-state index contributed by atoms with van der Waals surface area (Å²) in [5, 5.41) is 10.4. The molecular weight excluding hydrogens is 254 g/mol. The minimum atomic E-state index is -0.471. The molecule has 0 spiro atoms. The molecule has 1 fully saturated rings. The van der Waals surface area contributed by atoms with E-state index >= 15 is 0 Å². The average Bonchev–Trinajstić information content (AvgIpc) is 2.48. The molecule has 0 saturated carbocycles. The predicted octanol–water partition coefficient (Wildman–Crippen LogP) is 1.71. The predicted molar refractivity (Wildman–Crippen MR) is 79.2 cm³/mol. The molecule has 112 valence electrons. The minimum absolute atomic E-state index is 0.0958. The molecule has 1 aliphatic heterocycles. The molecule has 4 nitrogen and oxygen atoms in total. The molecule has 0 aromatic heterocycles. The summed E-state index contributed by atoms with van der Waals surface area (Å²) >= 11 is 0. The average molecular weight is 279 g/mol. The van der Waals surface area contributed by atoms with E-state index in [0.29, 0.717) is 13.0 Å². The van der Waals surface area contributed by atoms with Gasteiger partial charge in [-0.05, 0) is 30.7 Å². The molecule has 2 rings (SSSR count). The van der Waals surface area contributed by atoms with E-state index < -0.39 is 6.10 Å². The number of methoxy groups -OCH3 is 1. The van der Waals surface area contributed by atoms with E-state index in [0.717, 1.165) is 37.4 Å². The fourth-order valence-corrected chi connectivity index (χ4v) is 2.66. The standard InChI is InChI=1S/C16H25NO3/c1-3-7-17-8-9-20-16(12-17)15(18)11-13-5-4-6-14(10-13)19-2/h4-6,10,15-16,18H,3,7-9,11-12H2,1-2H3. The van der Waals surface area contributed by atoms with Crippen LogP contribution >= 0.6 is 0 Å². The number of hydrogen-bond donors (Lipinski definition) is 1. The van der Waals surface area contributed by atoms with E-state index in [-0.39, 0.29) is 6.10 Å². The van der Waals surface area contributed by atoms with Crippen LogP contribution in [0.15, 0.2) is 24.3 Å². The Bertz CT molecular complexity index is 408. The Morgan fingerprint density at radius 3 is 3.10 bits per heavy atom. The third-order valence-corrected chi connectivity index (χ3v) is 3.73. The van der Waals surface area contributed by atoms with Gasteiger partial charge in [-0.2, -0.15) is 0 Å². The van der Waals surface area contributed by atoms with Crippen LogP contribution in [-0.2, 0) is 11.2 Å². The van der Waals surface area contributed by atoms with Crippen molar-refractivity contribution in [1.29, 1.82) is 0 Å². The van der Waals surface area contributed by atoms with Gasteiger partial charge >= 0.3 is 0 Å². The van der Waals surface area contributed by atoms with E-state index in [1.807, 2.05) is 24.3 Å². The van der Waals surface area contributed by atoms with Crippen LogP contribution in [0.4, 0.5) is 0 Å². The van der Waals surface area contributed by atoms with Crippen molar-refractivity contribution in [1.82, 2.24) is 4.90 Å². The largest absolute Gasteiger partial charge is 0.497 e. The lowest BCUT2D eigenvalue weighted by atomic mass is 10.0. The topological polar surface area (TPSA) is 41.9 Å². The zero-order chi connectivity index (χ0) is 14.4. The Morgan fingerprint density at radius 1 is 1.50 bits per heavy atom. The van der Waals surface area contributed by atoms with Gasteiger partial charge in [-0.15, -0.1) is 0 Å². The highest BCUT2D eigenvalue weighted by Gasteiger charge is 2.26. The van der Waals surface area contributed by atoms with E-state index in [1.165, 1.54) is 0 Å². The van der Waals surface area contributed by atoms with Crippen molar-refractivity contribution in [2.45, 2.75) is 32.0 Å². The molecule has 4 heteroatoms. The van der Waals surface area contributed by atoms with Gasteiger partial charge in [-0.1, -0.05) is 19.1 Å². The lowest BCUT2D eigenvalue weighted by Gasteiger charge is -2.35. The number of morpholine rings is 1. The van der Waals surface area contributed by atoms with Gasteiger partial charge in [-0.3, -0.25) is 4.90 Å². The number of hydrogen-bond acceptors (Lipinski definition) is 4. The van der Waals surface area contributed by atoms with Crippen LogP contribution in [0.5, 0.6) is 5.75 Å². The molecule has 1 heterocycles. The summed E-state index contributed by atoms with van der Waals surface area (Å²) in [4.78, 5) is 2.36. The number of nitrogens with zero attached hydrogens (tertiary/aromatic N) is 1. The van der Waals surface area contributed by atoms with Gasteiger partial charge in [0.05, 0.1) is 25.9 Å². The van der Waals surface area contributed by atoms with Crippen molar-refractivity contribution in [3.63, 3.8) is 0 Å². The highest BCUT2D eigenvalue weighted by Crippen LogP contribution is 2.17. The second-order valence-electron chi connectivity index (χ2n) is 5.33. The summed E-state index contributed by atoms with van der Waals surface area (Å²) in [6.07, 6.45) is 1.17. The molecule has 1 N–H and O–H groups in total. The summed E-state index contributed by atoms with van der Waals surface area (Å²) in [6.45, 7) is 5.75. The molecule has 0 amide bonds. The number of aliphatic hydroxyl groups is 1. The fourth-order valence-electron chi connectivity index (χ4n) is 2.66. The normalized spacial score (nSPS) is 21.6. The zero-order valence-corrected chi connectivity index (χ0v) is 12.4. The third kappa shape index (κ3) is 4.20. The first-order valence-corrected chi connectivity index (χ1v) is 7.38. The van der Waals surface area contributed by atoms with Crippen molar-refractivity contribution < 1.29 is 14.6 Å². The van der Waals surface area contributed by atoms with Crippen molar-refractivity contribution in [2.24, 2.45) is 0 Å². The number of ether oxygens (including phenoxy) is 2. The van der Waals surface area contributed by atoms with E-state index in [1.54, 1.807) is 7.11 Å². The van der Waals surface area contributed by atoms with Gasteiger partial charge in [0.25, 0.3) is 0 Å². The van der Waals surface area contributed by atoms with Gasteiger partial charge < -0.3 is 14.6 Å². The minimum Gasteiger partial charge on any atom is -0.497 e. The van der Waals surface area contributed by atoms with E-state index in [9.17, 15) is 5.11 Å². The number of benzene rings is 1. The van der Waals surface area contributed by atoms with Gasteiger partial charge in [0.2, 0.25) is 0 Å². The first-order chi connectivity index (χ1) is 9.72. The molecule has 1 aromatic rings. The molecule has 1 saturated heterocycles. The molecule has 20 heavy (non-hydrogen) atoms. The van der Waals surface area contributed by atoms with Crippen molar-refractivity contribution in [2.75, 3.05) is 33.4 Å². The van der Waals surface area contributed by atoms with Crippen molar-refractivity contribution in [3.8, 4) is 5.75 Å². The highest BCUT2D eigenvalue weighted by molar-refractivity contribution is 5.28. The summed E-state index contributed by atoms with van der Waals surface area (Å²) in [5.74, 6) is 0.826. The highest BCUT2D eigenvalue weighted by atomic mass is 16.5. The van der Waals surface area contributed by atoms with Crippen molar-refractivity contribution in [3.05, 3.63) is 29.8 Å². The molecular formula is C16H25NO3. The van der Waals surface area contributed by atoms with Gasteiger partial charge in [0.1, 0.15) is 5.75 Å². The van der Waals surface area contributed by atoms with Gasteiger partial charge in [0.15, 0.2) is 0 Å². The Balaban J connectivity index is 1.91. The Kier molecular flexibility index (Phi) is 5.83. The second kappa shape index (κ2) is 7.62. The summed E-state index contributed by atoms with van der Waals surface area (Å²) < 4.78 is 10.9. The second-order valence-corrected chi connectivity index (χ2v) is 5.33. The van der Waals surface area contributed by atoms with Gasteiger partial charge in [-0.25, -0.2) is 0 Å². The molecule has 0 aliphatic carbocycles. The molecule has 0 radical (unpaired) electrons. The lowest BCUT2D eigenvalue weighted by molar-refractivity contribution is -0.0877. The monoisotopic (exact) mass is 279 g/mol. The quantitative estimate of drug-likeness (QED) is 0.861. The molecule has 1 aliphatic rings. The Labute approximate surface area is 121 Å². The summed E-state index contributed by atoms with van der Waals surface area (Å²) in [5.41, 5.74) is 1.08. The first-order valence-electron chi connectivity index (χ1n) is 7.38. The van der Waals surface area contributed by atoms with Crippen molar-refractivity contribution >= 4 is 0 Å². The SMILES string of the molecule is CCCN1CCOC(C(O)Cc2cccc(OC)c2)C1. The molecule has 2 atom stereocenters. The van der Waals surface area contributed by atoms with Crippen LogP contribution in [0.25, 0.3) is 0 Å². The first kappa shape index (κ1) is 15.3. The van der Waals surface area contributed by atoms with Crippen LogP contribution in [0.2, 0.25) is 0 Å². The van der Waals surface area contributed by atoms with Crippen LogP contribution in [-0.4, -0.2) is 55.6 Å². The Morgan fingerprint density at radius 2 is 2.35 bits per heavy atom. The lowest BCUT2D eigenvalue weighted by Crippen LogP contribution is -2.48. The van der Waals surface area contributed by atoms with Crippen LogP contribution in [0, 0.1) is 0 Å². The van der Waals surface area contributed by atoms with Gasteiger partial charge in [0, 0.05) is 19.5 Å². The van der Waals surface area contributed by atoms with Crippen LogP contribution in [0.3, 0.4) is 0 Å². The molecule has 2 unspecified atom stereocenters. The zero-order valence-electron chi connectivity index (χ0n) is 12.4.